The van der Waals surface area contributed by atoms with E-state index in [1.165, 1.54) is 17.4 Å². The molecule has 0 bridgehead atoms. The minimum Gasteiger partial charge on any atom is -0.494 e. The highest BCUT2D eigenvalue weighted by Crippen LogP contribution is 2.29. The van der Waals surface area contributed by atoms with E-state index in [9.17, 15) is 13.6 Å². The van der Waals surface area contributed by atoms with Crippen molar-refractivity contribution in [2.75, 3.05) is 12.0 Å². The van der Waals surface area contributed by atoms with Crippen LogP contribution in [0.4, 0.5) is 13.9 Å². The molecular formula is C16H13F2N3O2S. The Balaban J connectivity index is 1.74. The Hall–Kier alpha value is -2.74. The van der Waals surface area contributed by atoms with Crippen molar-refractivity contribution in [3.8, 4) is 5.75 Å². The van der Waals surface area contributed by atoms with Gasteiger partial charge >= 0.3 is 0 Å². The third-order valence-electron chi connectivity index (χ3n) is 3.14. The first-order valence-corrected chi connectivity index (χ1v) is 7.94. The largest absolute Gasteiger partial charge is 0.494 e. The average molecular weight is 349 g/mol. The Bertz CT molecular complexity index is 878. The predicted octanol–water partition coefficient (Wildman–Crippen LogP) is 3.73. The lowest BCUT2D eigenvalue weighted by molar-refractivity contribution is 0.0954. The number of anilines is 1. The van der Waals surface area contributed by atoms with Gasteiger partial charge in [0.05, 0.1) is 16.8 Å². The predicted molar refractivity (Wildman–Crippen MR) is 88.2 cm³/mol. The number of nitrogens with zero attached hydrogens (tertiary/aromatic N) is 1. The van der Waals surface area contributed by atoms with Crippen molar-refractivity contribution in [3.05, 3.63) is 53.6 Å². The molecule has 1 aromatic heterocycles. The Morgan fingerprint density at radius 3 is 2.71 bits per heavy atom. The molecule has 3 rings (SSSR count). The fourth-order valence-electron chi connectivity index (χ4n) is 2.10. The van der Waals surface area contributed by atoms with Crippen LogP contribution in [0.2, 0.25) is 0 Å². The SMILES string of the molecule is CCOc1ccc2nc(NNC(=O)c3c(F)cccc3F)sc2c1. The fraction of sp³-hybridized carbons (Fsp3) is 0.125. The minimum absolute atomic E-state index is 0.392. The number of carbonyl (C=O) groups excluding carboxylic acids is 1. The number of rotatable bonds is 5. The van der Waals surface area contributed by atoms with Gasteiger partial charge in [-0.1, -0.05) is 17.4 Å². The van der Waals surface area contributed by atoms with Crippen LogP contribution in [0.5, 0.6) is 5.75 Å². The Labute approximate surface area is 140 Å². The molecule has 8 heteroatoms. The molecule has 0 radical (unpaired) electrons. The lowest BCUT2D eigenvalue weighted by Gasteiger charge is -2.06. The standard InChI is InChI=1S/C16H13F2N3O2S/c1-2-23-9-6-7-12-13(8-9)24-16(19-12)21-20-15(22)14-10(17)4-3-5-11(14)18/h3-8H,2H2,1H3,(H,19,21)(H,20,22). The molecule has 1 amide bonds. The topological polar surface area (TPSA) is 63.2 Å². The van der Waals surface area contributed by atoms with E-state index < -0.39 is 23.1 Å². The molecule has 5 nitrogen and oxygen atoms in total. The van der Waals surface area contributed by atoms with Gasteiger partial charge < -0.3 is 4.74 Å². The van der Waals surface area contributed by atoms with Gasteiger partial charge in [0, 0.05) is 0 Å². The summed E-state index contributed by atoms with van der Waals surface area (Å²) >= 11 is 1.28. The van der Waals surface area contributed by atoms with Crippen LogP contribution in [-0.2, 0) is 0 Å². The molecule has 2 aromatic carbocycles. The first-order chi connectivity index (χ1) is 11.6. The number of ether oxygens (including phenoxy) is 1. The zero-order chi connectivity index (χ0) is 17.1. The summed E-state index contributed by atoms with van der Waals surface area (Å²) in [5.41, 5.74) is 4.89. The summed E-state index contributed by atoms with van der Waals surface area (Å²) < 4.78 is 33.4. The van der Waals surface area contributed by atoms with Gasteiger partial charge in [0.15, 0.2) is 0 Å². The van der Waals surface area contributed by atoms with Crippen molar-refractivity contribution >= 4 is 32.6 Å². The van der Waals surface area contributed by atoms with Crippen LogP contribution in [0.25, 0.3) is 10.2 Å². The number of thiazole rings is 1. The minimum atomic E-state index is -0.931. The van der Waals surface area contributed by atoms with Gasteiger partial charge in [-0.2, -0.15) is 0 Å². The summed E-state index contributed by atoms with van der Waals surface area (Å²) in [4.78, 5) is 16.2. The Kier molecular flexibility index (Phi) is 4.57. The second kappa shape index (κ2) is 6.79. The molecular weight excluding hydrogens is 336 g/mol. The average Bonchev–Trinajstić information content (AvgIpc) is 2.95. The van der Waals surface area contributed by atoms with Crippen molar-refractivity contribution in [2.45, 2.75) is 6.92 Å². The van der Waals surface area contributed by atoms with E-state index in [1.807, 2.05) is 13.0 Å². The van der Waals surface area contributed by atoms with Crippen LogP contribution >= 0.6 is 11.3 Å². The van der Waals surface area contributed by atoms with Gasteiger partial charge in [-0.05, 0) is 37.3 Å². The van der Waals surface area contributed by atoms with Crippen LogP contribution in [0, 0.1) is 11.6 Å². The van der Waals surface area contributed by atoms with Crippen LogP contribution in [0.1, 0.15) is 17.3 Å². The highest BCUT2D eigenvalue weighted by molar-refractivity contribution is 7.22. The van der Waals surface area contributed by atoms with Crippen molar-refractivity contribution in [1.29, 1.82) is 0 Å². The van der Waals surface area contributed by atoms with Crippen molar-refractivity contribution in [2.24, 2.45) is 0 Å². The van der Waals surface area contributed by atoms with Gasteiger partial charge in [-0.15, -0.1) is 0 Å². The number of amides is 1. The number of fused-ring (bicyclic) bond motifs is 1. The van der Waals surface area contributed by atoms with Crippen molar-refractivity contribution < 1.29 is 18.3 Å². The number of hydrogen-bond acceptors (Lipinski definition) is 5. The molecule has 0 aliphatic carbocycles. The van der Waals surface area contributed by atoms with Gasteiger partial charge in [0.1, 0.15) is 22.9 Å². The molecule has 0 spiro atoms. The van der Waals surface area contributed by atoms with E-state index in [0.29, 0.717) is 11.7 Å². The maximum absolute atomic E-state index is 13.6. The van der Waals surface area contributed by atoms with Gasteiger partial charge in [-0.3, -0.25) is 15.6 Å². The number of aromatic nitrogens is 1. The number of hydrazine groups is 1. The first-order valence-electron chi connectivity index (χ1n) is 7.12. The van der Waals surface area contributed by atoms with E-state index in [-0.39, 0.29) is 0 Å². The third kappa shape index (κ3) is 3.28. The molecule has 2 N–H and O–H groups in total. The van der Waals surface area contributed by atoms with E-state index in [4.69, 9.17) is 4.74 Å². The lowest BCUT2D eigenvalue weighted by atomic mass is 10.2. The zero-order valence-electron chi connectivity index (χ0n) is 12.6. The van der Waals surface area contributed by atoms with Crippen LogP contribution in [0.3, 0.4) is 0 Å². The normalized spacial score (nSPS) is 10.6. The molecule has 0 saturated carbocycles. The molecule has 0 saturated heterocycles. The second-order valence-electron chi connectivity index (χ2n) is 4.76. The summed E-state index contributed by atoms with van der Waals surface area (Å²) in [5, 5.41) is 0.392. The molecule has 0 aliphatic heterocycles. The second-order valence-corrected chi connectivity index (χ2v) is 5.79. The smallest absolute Gasteiger partial charge is 0.275 e. The molecule has 124 valence electrons. The van der Waals surface area contributed by atoms with E-state index >= 15 is 0 Å². The summed E-state index contributed by atoms with van der Waals surface area (Å²) in [7, 11) is 0. The number of halogens is 2. The molecule has 0 atom stereocenters. The highest BCUT2D eigenvalue weighted by atomic mass is 32.1. The monoisotopic (exact) mass is 349 g/mol. The zero-order valence-corrected chi connectivity index (χ0v) is 13.4. The maximum atomic E-state index is 13.6. The lowest BCUT2D eigenvalue weighted by Crippen LogP contribution is -2.30. The summed E-state index contributed by atoms with van der Waals surface area (Å²) in [6, 6.07) is 8.65. The van der Waals surface area contributed by atoms with Crippen molar-refractivity contribution in [1.82, 2.24) is 10.4 Å². The Morgan fingerprint density at radius 2 is 2.00 bits per heavy atom. The van der Waals surface area contributed by atoms with Gasteiger partial charge in [0.2, 0.25) is 5.13 Å². The molecule has 3 aromatic rings. The fourth-order valence-corrected chi connectivity index (χ4v) is 2.95. The Morgan fingerprint density at radius 1 is 1.25 bits per heavy atom. The molecule has 24 heavy (non-hydrogen) atoms. The quantitative estimate of drug-likeness (QED) is 0.689. The summed E-state index contributed by atoms with van der Waals surface area (Å²) in [5.74, 6) is -2.06. The third-order valence-corrected chi connectivity index (χ3v) is 4.08. The van der Waals surface area contributed by atoms with Crippen LogP contribution in [-0.4, -0.2) is 17.5 Å². The van der Waals surface area contributed by atoms with Crippen LogP contribution in [0.15, 0.2) is 36.4 Å². The van der Waals surface area contributed by atoms with E-state index in [0.717, 1.165) is 28.1 Å². The number of benzene rings is 2. The molecule has 0 unspecified atom stereocenters. The molecule has 0 fully saturated rings. The maximum Gasteiger partial charge on any atom is 0.275 e. The van der Waals surface area contributed by atoms with Crippen molar-refractivity contribution in [3.63, 3.8) is 0 Å². The van der Waals surface area contributed by atoms with Gasteiger partial charge in [-0.25, -0.2) is 13.8 Å². The number of nitrogens with one attached hydrogen (secondary N) is 2. The van der Waals surface area contributed by atoms with Gasteiger partial charge in [0.25, 0.3) is 5.91 Å². The first kappa shape index (κ1) is 16.1. The molecule has 1 heterocycles. The summed E-state index contributed by atoms with van der Waals surface area (Å²) in [6.45, 7) is 2.45. The number of hydrogen-bond donors (Lipinski definition) is 2. The van der Waals surface area contributed by atoms with Crippen LogP contribution < -0.4 is 15.6 Å². The highest BCUT2D eigenvalue weighted by Gasteiger charge is 2.17. The summed E-state index contributed by atoms with van der Waals surface area (Å²) in [6.07, 6.45) is 0. The number of carbonyl (C=O) groups is 1. The molecule has 0 aliphatic rings. The van der Waals surface area contributed by atoms with E-state index in [1.54, 1.807) is 12.1 Å². The van der Waals surface area contributed by atoms with E-state index in [2.05, 4.69) is 15.8 Å².